The van der Waals surface area contributed by atoms with Crippen LogP contribution in [0.15, 0.2) is 22.7 Å². The number of hydrogen-bond acceptors (Lipinski definition) is 2. The van der Waals surface area contributed by atoms with E-state index in [0.717, 1.165) is 18.4 Å². The van der Waals surface area contributed by atoms with Gasteiger partial charge in [0.2, 0.25) is 0 Å². The van der Waals surface area contributed by atoms with Crippen LogP contribution in [0.5, 0.6) is 0 Å². The molecule has 120 valence electrons. The van der Waals surface area contributed by atoms with Crippen LogP contribution in [0.1, 0.15) is 51.7 Å². The Balaban J connectivity index is 2.69. The van der Waals surface area contributed by atoms with E-state index in [1.165, 1.54) is 41.5 Å². The Labute approximate surface area is 139 Å². The summed E-state index contributed by atoms with van der Waals surface area (Å²) in [4.78, 5) is 2.59. The molecule has 2 N–H and O–H groups in total. The van der Waals surface area contributed by atoms with Crippen molar-refractivity contribution >= 4 is 15.9 Å². The lowest BCUT2D eigenvalue weighted by molar-refractivity contribution is 0.235. The van der Waals surface area contributed by atoms with Crippen LogP contribution in [-0.4, -0.2) is 18.0 Å². The van der Waals surface area contributed by atoms with E-state index >= 15 is 0 Å². The zero-order chi connectivity index (χ0) is 15.8. The fourth-order valence-electron chi connectivity index (χ4n) is 2.24. The van der Waals surface area contributed by atoms with Gasteiger partial charge in [0.05, 0.1) is 0 Å². The summed E-state index contributed by atoms with van der Waals surface area (Å²) in [5, 5.41) is 0. The van der Waals surface area contributed by atoms with Crippen molar-refractivity contribution in [2.24, 2.45) is 17.6 Å². The van der Waals surface area contributed by atoms with E-state index in [4.69, 9.17) is 5.73 Å². The van der Waals surface area contributed by atoms with Gasteiger partial charge >= 0.3 is 0 Å². The van der Waals surface area contributed by atoms with Crippen LogP contribution in [0.3, 0.4) is 0 Å². The highest BCUT2D eigenvalue weighted by molar-refractivity contribution is 9.10. The number of nitrogens with two attached hydrogens (primary N) is 1. The van der Waals surface area contributed by atoms with E-state index in [0.29, 0.717) is 6.54 Å². The second-order valence-electron chi connectivity index (χ2n) is 6.77. The second-order valence-corrected chi connectivity index (χ2v) is 7.63. The highest BCUT2D eigenvalue weighted by atomic mass is 79.9. The fourth-order valence-corrected chi connectivity index (χ4v) is 2.79. The Hall–Kier alpha value is -0.380. The molecule has 3 heteroatoms. The minimum Gasteiger partial charge on any atom is -0.326 e. The van der Waals surface area contributed by atoms with Crippen molar-refractivity contribution < 1.29 is 0 Å². The Morgan fingerprint density at radius 1 is 1.05 bits per heavy atom. The molecule has 2 nitrogen and oxygen atoms in total. The lowest BCUT2D eigenvalue weighted by Gasteiger charge is -2.25. The Kier molecular flexibility index (Phi) is 8.53. The van der Waals surface area contributed by atoms with Crippen molar-refractivity contribution in [3.05, 3.63) is 33.8 Å². The van der Waals surface area contributed by atoms with E-state index in [1.54, 1.807) is 0 Å². The van der Waals surface area contributed by atoms with Gasteiger partial charge in [0.25, 0.3) is 0 Å². The van der Waals surface area contributed by atoms with Crippen molar-refractivity contribution in [1.82, 2.24) is 4.90 Å². The van der Waals surface area contributed by atoms with Crippen LogP contribution >= 0.6 is 15.9 Å². The van der Waals surface area contributed by atoms with Gasteiger partial charge in [0.1, 0.15) is 0 Å². The number of halogens is 1. The van der Waals surface area contributed by atoms with Crippen molar-refractivity contribution in [2.45, 2.75) is 53.6 Å². The minimum atomic E-state index is 0.600. The Bertz CT molecular complexity index is 404. The topological polar surface area (TPSA) is 29.3 Å². The number of benzene rings is 1. The van der Waals surface area contributed by atoms with Gasteiger partial charge in [-0.25, -0.2) is 0 Å². The lowest BCUT2D eigenvalue weighted by atomic mass is 10.1. The van der Waals surface area contributed by atoms with Crippen LogP contribution in [0.4, 0.5) is 0 Å². The van der Waals surface area contributed by atoms with Crippen LogP contribution < -0.4 is 5.73 Å². The summed E-state index contributed by atoms with van der Waals surface area (Å²) in [5.41, 5.74) is 8.24. The van der Waals surface area contributed by atoms with Gasteiger partial charge in [-0.1, -0.05) is 55.8 Å². The van der Waals surface area contributed by atoms with Gasteiger partial charge in [-0.15, -0.1) is 0 Å². The molecule has 0 aromatic heterocycles. The molecule has 0 unspecified atom stereocenters. The third kappa shape index (κ3) is 7.44. The Morgan fingerprint density at radius 3 is 2.05 bits per heavy atom. The molecule has 0 spiro atoms. The molecule has 0 heterocycles. The van der Waals surface area contributed by atoms with Crippen LogP contribution in [-0.2, 0) is 13.1 Å². The molecule has 0 aliphatic carbocycles. The van der Waals surface area contributed by atoms with Crippen molar-refractivity contribution in [3.63, 3.8) is 0 Å². The maximum Gasteiger partial charge on any atom is 0.0244 e. The molecule has 1 aromatic carbocycles. The molecule has 0 saturated carbocycles. The highest BCUT2D eigenvalue weighted by Crippen LogP contribution is 2.21. The van der Waals surface area contributed by atoms with Gasteiger partial charge in [-0.2, -0.15) is 0 Å². The van der Waals surface area contributed by atoms with Crippen LogP contribution in [0, 0.1) is 11.8 Å². The van der Waals surface area contributed by atoms with E-state index in [9.17, 15) is 0 Å². The van der Waals surface area contributed by atoms with E-state index in [1.807, 2.05) is 0 Å². The van der Waals surface area contributed by atoms with Gasteiger partial charge in [-0.3, -0.25) is 4.90 Å². The van der Waals surface area contributed by atoms with Crippen molar-refractivity contribution in [1.29, 1.82) is 0 Å². The molecular weight excluding hydrogens is 324 g/mol. The molecule has 0 radical (unpaired) electrons. The fraction of sp³-hybridized carbons (Fsp3) is 0.667. The molecular formula is C18H31BrN2. The average molecular weight is 355 g/mol. The standard InChI is InChI=1S/C18H31BrN2/c1-14(2)7-9-21(10-8-15(3)4)13-17-6-5-16(12-20)11-18(17)19/h5-6,11,14-15H,7-10,12-13,20H2,1-4H3. The van der Waals surface area contributed by atoms with Gasteiger partial charge in [0, 0.05) is 17.6 Å². The van der Waals surface area contributed by atoms with Gasteiger partial charge < -0.3 is 5.73 Å². The predicted molar refractivity (Wildman–Crippen MR) is 96.2 cm³/mol. The molecule has 0 aliphatic rings. The molecule has 0 fully saturated rings. The summed E-state index contributed by atoms with van der Waals surface area (Å²) in [6.45, 7) is 13.2. The van der Waals surface area contributed by atoms with E-state index in [-0.39, 0.29) is 0 Å². The summed E-state index contributed by atoms with van der Waals surface area (Å²) in [6.07, 6.45) is 2.52. The Morgan fingerprint density at radius 2 is 1.62 bits per heavy atom. The minimum absolute atomic E-state index is 0.600. The predicted octanol–water partition coefficient (Wildman–Crippen LogP) is 4.80. The first-order chi connectivity index (χ1) is 9.92. The zero-order valence-electron chi connectivity index (χ0n) is 14.0. The maximum atomic E-state index is 5.70. The largest absolute Gasteiger partial charge is 0.326 e. The number of nitrogens with zero attached hydrogens (tertiary/aromatic N) is 1. The molecule has 1 aromatic rings. The second kappa shape index (κ2) is 9.60. The molecule has 21 heavy (non-hydrogen) atoms. The van der Waals surface area contributed by atoms with Crippen molar-refractivity contribution in [2.75, 3.05) is 13.1 Å². The number of hydrogen-bond donors (Lipinski definition) is 1. The molecule has 0 bridgehead atoms. The smallest absolute Gasteiger partial charge is 0.0244 e. The molecule has 0 aliphatic heterocycles. The summed E-state index contributed by atoms with van der Waals surface area (Å²) in [7, 11) is 0. The summed E-state index contributed by atoms with van der Waals surface area (Å²) in [6, 6.07) is 6.51. The monoisotopic (exact) mass is 354 g/mol. The average Bonchev–Trinajstić information content (AvgIpc) is 2.43. The summed E-state index contributed by atoms with van der Waals surface area (Å²) >= 11 is 3.69. The first kappa shape index (κ1) is 18.7. The normalized spacial score (nSPS) is 11.9. The van der Waals surface area contributed by atoms with E-state index < -0.39 is 0 Å². The van der Waals surface area contributed by atoms with E-state index in [2.05, 4.69) is 66.7 Å². The summed E-state index contributed by atoms with van der Waals surface area (Å²) < 4.78 is 1.18. The third-order valence-electron chi connectivity index (χ3n) is 3.79. The third-order valence-corrected chi connectivity index (χ3v) is 4.53. The molecule has 1 rings (SSSR count). The van der Waals surface area contributed by atoms with Crippen LogP contribution in [0.25, 0.3) is 0 Å². The lowest BCUT2D eigenvalue weighted by Crippen LogP contribution is -2.27. The first-order valence-electron chi connectivity index (χ1n) is 8.12. The van der Waals surface area contributed by atoms with Gasteiger partial charge in [-0.05, 0) is 55.0 Å². The SMILES string of the molecule is CC(C)CCN(CCC(C)C)Cc1ccc(CN)cc1Br. The van der Waals surface area contributed by atoms with Gasteiger partial charge in [0.15, 0.2) is 0 Å². The highest BCUT2D eigenvalue weighted by Gasteiger charge is 2.10. The summed E-state index contributed by atoms with van der Waals surface area (Å²) in [5.74, 6) is 1.52. The zero-order valence-corrected chi connectivity index (χ0v) is 15.6. The van der Waals surface area contributed by atoms with Crippen molar-refractivity contribution in [3.8, 4) is 0 Å². The quantitative estimate of drug-likeness (QED) is 0.689. The maximum absolute atomic E-state index is 5.70. The number of rotatable bonds is 9. The van der Waals surface area contributed by atoms with Crippen LogP contribution in [0.2, 0.25) is 0 Å². The molecule has 0 atom stereocenters. The molecule has 0 amide bonds. The first-order valence-corrected chi connectivity index (χ1v) is 8.91. The molecule has 0 saturated heterocycles.